The van der Waals surface area contributed by atoms with E-state index in [0.717, 1.165) is 24.0 Å². The third kappa shape index (κ3) is 4.53. The fraction of sp³-hybridized carbons (Fsp3) is 0.259. The van der Waals surface area contributed by atoms with Crippen molar-refractivity contribution in [3.8, 4) is 40.4 Å². The van der Waals surface area contributed by atoms with Gasteiger partial charge in [-0.05, 0) is 74.9 Å². The van der Waals surface area contributed by atoms with Crippen molar-refractivity contribution >= 4 is 11.4 Å². The van der Waals surface area contributed by atoms with Gasteiger partial charge in [0.1, 0.15) is 0 Å². The fourth-order valence-electron chi connectivity index (χ4n) is 4.05. The molecule has 35 heavy (non-hydrogen) atoms. The highest BCUT2D eigenvalue weighted by Gasteiger charge is 2.23. The van der Waals surface area contributed by atoms with Gasteiger partial charge in [-0.3, -0.25) is 4.98 Å². The van der Waals surface area contributed by atoms with Crippen LogP contribution in [0.5, 0.6) is 0 Å². The molecule has 174 valence electrons. The molecule has 0 spiro atoms. The molecule has 3 heterocycles. The number of nitrogen functional groups attached to an aromatic ring is 1. The van der Waals surface area contributed by atoms with Gasteiger partial charge >= 0.3 is 0 Å². The van der Waals surface area contributed by atoms with E-state index in [0.29, 0.717) is 23.0 Å². The lowest BCUT2D eigenvalue weighted by atomic mass is 9.90. The minimum atomic E-state index is -0.732. The van der Waals surface area contributed by atoms with E-state index in [-0.39, 0.29) is 11.7 Å². The van der Waals surface area contributed by atoms with Crippen LogP contribution in [0.25, 0.3) is 39.9 Å². The smallest absolute Gasteiger partial charge is 0.270 e. The first-order valence-corrected chi connectivity index (χ1v) is 11.6. The minimum Gasteiger partial charge on any atom is -0.414 e. The maximum absolute atomic E-state index is 9.45. The zero-order valence-corrected chi connectivity index (χ0v) is 19.7. The Morgan fingerprint density at radius 1 is 0.971 bits per heavy atom. The Morgan fingerprint density at radius 3 is 2.49 bits per heavy atom. The van der Waals surface area contributed by atoms with Crippen molar-refractivity contribution < 1.29 is 4.42 Å². The molecule has 0 bridgehead atoms. The van der Waals surface area contributed by atoms with E-state index >= 15 is 0 Å². The summed E-state index contributed by atoms with van der Waals surface area (Å²) in [7, 11) is 0. The Kier molecular flexibility index (Phi) is 5.83. The van der Waals surface area contributed by atoms with Crippen LogP contribution in [0.4, 0.5) is 5.82 Å². The molecule has 1 aliphatic rings. The van der Waals surface area contributed by atoms with Crippen molar-refractivity contribution in [3.05, 3.63) is 66.1 Å². The molecule has 8 nitrogen and oxygen atoms in total. The Hall–Kier alpha value is -4.38. The van der Waals surface area contributed by atoms with E-state index in [1.54, 1.807) is 12.4 Å². The SMILES string of the molecule is CC(C)(C#N)c1cc(-c2cnc(N)c(-c3nnc(-c4ccc(C5=CCCCC5)cc4)o3)n2)ccn1. The van der Waals surface area contributed by atoms with Crippen LogP contribution >= 0.6 is 0 Å². The summed E-state index contributed by atoms with van der Waals surface area (Å²) in [5, 5.41) is 17.8. The number of nitrogens with zero attached hydrogens (tertiary/aromatic N) is 6. The average Bonchev–Trinajstić information content (AvgIpc) is 3.40. The summed E-state index contributed by atoms with van der Waals surface area (Å²) in [6.45, 7) is 3.63. The number of hydrogen-bond donors (Lipinski definition) is 1. The van der Waals surface area contributed by atoms with Crippen molar-refractivity contribution in [2.45, 2.75) is 44.9 Å². The summed E-state index contributed by atoms with van der Waals surface area (Å²) in [6, 6.07) is 14.1. The van der Waals surface area contributed by atoms with E-state index in [9.17, 15) is 5.26 Å². The van der Waals surface area contributed by atoms with Gasteiger partial charge in [0.25, 0.3) is 5.89 Å². The van der Waals surface area contributed by atoms with Crippen molar-refractivity contribution in [2.75, 3.05) is 5.73 Å². The average molecular weight is 464 g/mol. The number of pyridine rings is 1. The molecule has 1 aliphatic carbocycles. The monoisotopic (exact) mass is 463 g/mol. The standard InChI is InChI=1S/C27H25N7O/c1-27(2,16-28)22-14-20(12-13-30-22)21-15-31-24(29)23(32-21)26-34-33-25(35-26)19-10-8-18(9-11-19)17-6-4-3-5-7-17/h6,8-15H,3-5,7H2,1-2H3,(H2,29,31). The van der Waals surface area contributed by atoms with Crippen LogP contribution in [-0.4, -0.2) is 25.1 Å². The van der Waals surface area contributed by atoms with Gasteiger partial charge in [0, 0.05) is 17.3 Å². The summed E-state index contributed by atoms with van der Waals surface area (Å²) in [4.78, 5) is 13.3. The Labute approximate surface area is 203 Å². The molecular formula is C27H25N7O. The van der Waals surface area contributed by atoms with E-state index in [4.69, 9.17) is 10.2 Å². The molecule has 0 unspecified atom stereocenters. The summed E-state index contributed by atoms with van der Waals surface area (Å²) in [6.07, 6.45) is 10.3. The maximum atomic E-state index is 9.45. The lowest BCUT2D eigenvalue weighted by Gasteiger charge is -2.15. The number of allylic oxidation sites excluding steroid dienone is 2. The van der Waals surface area contributed by atoms with Crippen LogP contribution in [-0.2, 0) is 5.41 Å². The van der Waals surface area contributed by atoms with E-state index in [1.165, 1.54) is 24.0 Å². The van der Waals surface area contributed by atoms with Crippen LogP contribution < -0.4 is 5.73 Å². The van der Waals surface area contributed by atoms with Crippen LogP contribution in [0.15, 0.2) is 59.3 Å². The Bertz CT molecular complexity index is 1450. The van der Waals surface area contributed by atoms with Crippen molar-refractivity contribution in [3.63, 3.8) is 0 Å². The lowest BCUT2D eigenvalue weighted by molar-refractivity contribution is 0.582. The van der Waals surface area contributed by atoms with Crippen LogP contribution in [0.1, 0.15) is 50.8 Å². The second-order valence-electron chi connectivity index (χ2n) is 9.12. The molecule has 5 rings (SSSR count). The normalized spacial score (nSPS) is 13.8. The van der Waals surface area contributed by atoms with Gasteiger partial charge in [0.05, 0.1) is 29.1 Å². The molecule has 0 amide bonds. The number of nitriles is 1. The molecule has 0 aliphatic heterocycles. The fourth-order valence-corrected chi connectivity index (χ4v) is 4.05. The quantitative estimate of drug-likeness (QED) is 0.405. The largest absolute Gasteiger partial charge is 0.414 e. The first kappa shape index (κ1) is 22.4. The Balaban J connectivity index is 1.44. The first-order valence-electron chi connectivity index (χ1n) is 11.6. The van der Waals surface area contributed by atoms with Crippen LogP contribution in [0.2, 0.25) is 0 Å². The third-order valence-corrected chi connectivity index (χ3v) is 6.20. The molecule has 3 aromatic heterocycles. The maximum Gasteiger partial charge on any atom is 0.270 e. The summed E-state index contributed by atoms with van der Waals surface area (Å²) in [5.74, 6) is 0.769. The molecule has 0 radical (unpaired) electrons. The van der Waals surface area contributed by atoms with Crippen molar-refractivity contribution in [1.82, 2.24) is 25.1 Å². The topological polar surface area (TPSA) is 127 Å². The molecule has 0 saturated carbocycles. The van der Waals surface area contributed by atoms with Gasteiger partial charge in [0.15, 0.2) is 11.5 Å². The van der Waals surface area contributed by atoms with Gasteiger partial charge < -0.3 is 10.2 Å². The zero-order chi connectivity index (χ0) is 24.4. The number of aromatic nitrogens is 5. The highest BCUT2D eigenvalue weighted by Crippen LogP contribution is 2.31. The molecule has 0 fully saturated rings. The molecule has 1 aromatic carbocycles. The summed E-state index contributed by atoms with van der Waals surface area (Å²) in [5.41, 5.74) is 11.1. The number of rotatable bonds is 5. The number of hydrogen-bond acceptors (Lipinski definition) is 8. The lowest BCUT2D eigenvalue weighted by Crippen LogP contribution is -2.15. The van der Waals surface area contributed by atoms with Crippen molar-refractivity contribution in [1.29, 1.82) is 5.26 Å². The van der Waals surface area contributed by atoms with Crippen LogP contribution in [0.3, 0.4) is 0 Å². The molecule has 8 heteroatoms. The van der Waals surface area contributed by atoms with Gasteiger partial charge in [-0.1, -0.05) is 18.2 Å². The summed E-state index contributed by atoms with van der Waals surface area (Å²) < 4.78 is 5.93. The second-order valence-corrected chi connectivity index (χ2v) is 9.12. The van der Waals surface area contributed by atoms with E-state index in [1.807, 2.05) is 38.1 Å². The molecule has 2 N–H and O–H groups in total. The predicted octanol–water partition coefficient (Wildman–Crippen LogP) is 5.60. The highest BCUT2D eigenvalue weighted by atomic mass is 16.4. The van der Waals surface area contributed by atoms with Crippen LogP contribution in [0, 0.1) is 11.3 Å². The first-order chi connectivity index (χ1) is 16.9. The molecule has 4 aromatic rings. The molecule has 0 saturated heterocycles. The summed E-state index contributed by atoms with van der Waals surface area (Å²) >= 11 is 0. The van der Waals surface area contributed by atoms with Gasteiger partial charge in [-0.25, -0.2) is 9.97 Å². The molecular weight excluding hydrogens is 438 g/mol. The Morgan fingerprint density at radius 2 is 1.74 bits per heavy atom. The number of benzene rings is 1. The van der Waals surface area contributed by atoms with Gasteiger partial charge in [-0.15, -0.1) is 10.2 Å². The van der Waals surface area contributed by atoms with Gasteiger partial charge in [0.2, 0.25) is 5.89 Å². The predicted molar refractivity (Wildman–Crippen MR) is 133 cm³/mol. The number of anilines is 1. The third-order valence-electron chi connectivity index (χ3n) is 6.20. The van der Waals surface area contributed by atoms with E-state index < -0.39 is 5.41 Å². The highest BCUT2D eigenvalue weighted by molar-refractivity contribution is 5.70. The number of nitrogens with two attached hydrogens (primary N) is 1. The second kappa shape index (κ2) is 9.11. The van der Waals surface area contributed by atoms with Gasteiger partial charge in [-0.2, -0.15) is 5.26 Å². The van der Waals surface area contributed by atoms with Crippen molar-refractivity contribution in [2.24, 2.45) is 0 Å². The molecule has 0 atom stereocenters. The minimum absolute atomic E-state index is 0.190. The van der Waals surface area contributed by atoms with E-state index in [2.05, 4.69) is 49.4 Å². The zero-order valence-electron chi connectivity index (χ0n) is 19.7.